The highest BCUT2D eigenvalue weighted by Gasteiger charge is 2.26. The first-order valence-electron chi connectivity index (χ1n) is 10.8. The van der Waals surface area contributed by atoms with Gasteiger partial charge in [0.2, 0.25) is 5.91 Å². The third kappa shape index (κ3) is 5.22. The maximum absolute atomic E-state index is 12.9. The van der Waals surface area contributed by atoms with Gasteiger partial charge in [0.25, 0.3) is 0 Å². The van der Waals surface area contributed by atoms with Gasteiger partial charge in [0.15, 0.2) is 5.78 Å². The zero-order valence-corrected chi connectivity index (χ0v) is 18.8. The van der Waals surface area contributed by atoms with Gasteiger partial charge in [-0.1, -0.05) is 24.3 Å². The number of hydrogen-bond donors (Lipinski definition) is 1. The minimum atomic E-state index is -0.442. The number of carbonyl (C=O) groups is 3. The number of rotatable bonds is 7. The number of piperazine rings is 1. The monoisotopic (exact) mass is 425 g/mol. The zero-order chi connectivity index (χ0) is 22.5. The maximum Gasteiger partial charge on any atom is 0.355 e. The first kappa shape index (κ1) is 22.7. The Morgan fingerprint density at radius 3 is 2.35 bits per heavy atom. The van der Waals surface area contributed by atoms with Gasteiger partial charge in [-0.15, -0.1) is 0 Å². The summed E-state index contributed by atoms with van der Waals surface area (Å²) in [6.07, 6.45) is 0.407. The van der Waals surface area contributed by atoms with Crippen molar-refractivity contribution in [2.24, 2.45) is 0 Å². The van der Waals surface area contributed by atoms with E-state index in [0.29, 0.717) is 55.1 Å². The summed E-state index contributed by atoms with van der Waals surface area (Å²) >= 11 is 0. The molecular weight excluding hydrogens is 394 g/mol. The van der Waals surface area contributed by atoms with Crippen molar-refractivity contribution in [2.75, 3.05) is 39.3 Å². The third-order valence-corrected chi connectivity index (χ3v) is 5.89. The quantitative estimate of drug-likeness (QED) is 0.545. The molecule has 2 aromatic rings. The first-order valence-corrected chi connectivity index (χ1v) is 10.8. The second kappa shape index (κ2) is 9.92. The molecule has 1 saturated heterocycles. The van der Waals surface area contributed by atoms with Crippen LogP contribution in [0.4, 0.5) is 0 Å². The molecule has 166 valence electrons. The molecule has 0 radical (unpaired) electrons. The van der Waals surface area contributed by atoms with Gasteiger partial charge in [-0.2, -0.15) is 0 Å². The minimum Gasteiger partial charge on any atom is -0.461 e. The summed E-state index contributed by atoms with van der Waals surface area (Å²) < 4.78 is 5.06. The molecule has 0 bridgehead atoms. The molecule has 1 fully saturated rings. The SMILES string of the molecule is CCOC(=O)c1[nH]c(C)c(C(=O)CN2CCN(C(=O)Cc3ccccc3C)CC2)c1C. The number of ether oxygens (including phenoxy) is 1. The summed E-state index contributed by atoms with van der Waals surface area (Å²) in [6.45, 7) is 10.4. The minimum absolute atomic E-state index is 0.0264. The van der Waals surface area contributed by atoms with E-state index in [1.807, 2.05) is 36.1 Å². The van der Waals surface area contributed by atoms with Crippen molar-refractivity contribution >= 4 is 17.7 Å². The highest BCUT2D eigenvalue weighted by molar-refractivity contribution is 6.03. The van der Waals surface area contributed by atoms with E-state index in [1.165, 1.54) is 0 Å². The Morgan fingerprint density at radius 1 is 1.03 bits per heavy atom. The molecule has 0 atom stereocenters. The number of benzene rings is 1. The summed E-state index contributed by atoms with van der Waals surface area (Å²) in [6, 6.07) is 7.94. The van der Waals surface area contributed by atoms with Crippen LogP contribution in [0.1, 0.15) is 50.2 Å². The number of nitrogens with one attached hydrogen (secondary N) is 1. The number of nitrogens with zero attached hydrogens (tertiary/aromatic N) is 2. The predicted octanol–water partition coefficient (Wildman–Crippen LogP) is 2.69. The number of H-pyrrole nitrogens is 1. The fourth-order valence-electron chi connectivity index (χ4n) is 4.10. The molecule has 1 aromatic heterocycles. The van der Waals surface area contributed by atoms with Crippen LogP contribution < -0.4 is 0 Å². The predicted molar refractivity (Wildman–Crippen MR) is 118 cm³/mol. The van der Waals surface area contributed by atoms with Crippen LogP contribution in [-0.4, -0.2) is 71.8 Å². The van der Waals surface area contributed by atoms with Crippen molar-refractivity contribution in [3.8, 4) is 0 Å². The van der Waals surface area contributed by atoms with Crippen molar-refractivity contribution < 1.29 is 19.1 Å². The summed E-state index contributed by atoms with van der Waals surface area (Å²) in [7, 11) is 0. The van der Waals surface area contributed by atoms with Crippen LogP contribution in [0.2, 0.25) is 0 Å². The maximum atomic E-state index is 12.9. The summed E-state index contributed by atoms with van der Waals surface area (Å²) in [5.74, 6) is -0.346. The lowest BCUT2D eigenvalue weighted by molar-refractivity contribution is -0.132. The van der Waals surface area contributed by atoms with Crippen molar-refractivity contribution in [2.45, 2.75) is 34.1 Å². The van der Waals surface area contributed by atoms with Crippen LogP contribution in [0.3, 0.4) is 0 Å². The van der Waals surface area contributed by atoms with Gasteiger partial charge in [-0.25, -0.2) is 4.79 Å². The largest absolute Gasteiger partial charge is 0.461 e. The Hall–Kier alpha value is -2.93. The number of aromatic amines is 1. The van der Waals surface area contributed by atoms with Gasteiger partial charge in [-0.3, -0.25) is 14.5 Å². The molecule has 1 aromatic carbocycles. The number of esters is 1. The fraction of sp³-hybridized carbons (Fsp3) is 0.458. The molecule has 7 nitrogen and oxygen atoms in total. The molecule has 3 rings (SSSR count). The van der Waals surface area contributed by atoms with Crippen molar-refractivity contribution in [1.82, 2.24) is 14.8 Å². The summed E-state index contributed by atoms with van der Waals surface area (Å²) in [5, 5.41) is 0. The van der Waals surface area contributed by atoms with Crippen molar-refractivity contribution in [3.63, 3.8) is 0 Å². The average molecular weight is 426 g/mol. The Morgan fingerprint density at radius 2 is 1.71 bits per heavy atom. The lowest BCUT2D eigenvalue weighted by atomic mass is 10.0. The third-order valence-electron chi connectivity index (χ3n) is 5.89. The van der Waals surface area contributed by atoms with Gasteiger partial charge < -0.3 is 14.6 Å². The highest BCUT2D eigenvalue weighted by atomic mass is 16.5. The normalized spacial score (nSPS) is 14.5. The second-order valence-electron chi connectivity index (χ2n) is 8.03. The lowest BCUT2D eigenvalue weighted by Crippen LogP contribution is -2.50. The number of amides is 1. The van der Waals surface area contributed by atoms with E-state index in [2.05, 4.69) is 9.88 Å². The van der Waals surface area contributed by atoms with Crippen LogP contribution in [0.25, 0.3) is 0 Å². The topological polar surface area (TPSA) is 82.7 Å². The molecule has 7 heteroatoms. The lowest BCUT2D eigenvalue weighted by Gasteiger charge is -2.34. The molecule has 0 unspecified atom stereocenters. The van der Waals surface area contributed by atoms with E-state index >= 15 is 0 Å². The Kier molecular flexibility index (Phi) is 7.28. The number of Topliss-reactive ketones (excluding diaryl/α,β-unsaturated/α-hetero) is 1. The second-order valence-corrected chi connectivity index (χ2v) is 8.03. The van der Waals surface area contributed by atoms with Crippen LogP contribution in [-0.2, 0) is 16.0 Å². The molecule has 0 saturated carbocycles. The summed E-state index contributed by atoms with van der Waals surface area (Å²) in [4.78, 5) is 44.6. The molecule has 1 aliphatic rings. The Labute approximate surface area is 183 Å². The van der Waals surface area contributed by atoms with Crippen molar-refractivity contribution in [1.29, 1.82) is 0 Å². The van der Waals surface area contributed by atoms with Crippen LogP contribution >= 0.6 is 0 Å². The van der Waals surface area contributed by atoms with E-state index in [1.54, 1.807) is 20.8 Å². The van der Waals surface area contributed by atoms with Gasteiger partial charge >= 0.3 is 5.97 Å². The fourth-order valence-corrected chi connectivity index (χ4v) is 4.10. The molecule has 1 aliphatic heterocycles. The Bertz CT molecular complexity index is 971. The first-order chi connectivity index (χ1) is 14.8. The molecular formula is C24H31N3O4. The average Bonchev–Trinajstić information content (AvgIpc) is 3.04. The molecule has 2 heterocycles. The molecule has 1 N–H and O–H groups in total. The van der Waals surface area contributed by atoms with E-state index in [4.69, 9.17) is 4.74 Å². The van der Waals surface area contributed by atoms with E-state index in [9.17, 15) is 14.4 Å². The standard InChI is InChI=1S/C24H31N3O4/c1-5-31-24(30)23-17(3)22(18(4)25-23)20(28)15-26-10-12-27(13-11-26)21(29)14-19-9-7-6-8-16(19)2/h6-9,25H,5,10-15H2,1-4H3. The zero-order valence-electron chi connectivity index (χ0n) is 18.8. The molecule has 1 amide bonds. The number of ketones is 1. The number of carbonyl (C=O) groups excluding carboxylic acids is 3. The Balaban J connectivity index is 1.56. The molecule has 0 aliphatic carbocycles. The van der Waals surface area contributed by atoms with Crippen LogP contribution in [0.5, 0.6) is 0 Å². The number of aromatic nitrogens is 1. The van der Waals surface area contributed by atoms with Crippen molar-refractivity contribution in [3.05, 3.63) is 57.9 Å². The van der Waals surface area contributed by atoms with Gasteiger partial charge in [-0.05, 0) is 44.4 Å². The number of hydrogen-bond acceptors (Lipinski definition) is 5. The summed E-state index contributed by atoms with van der Waals surface area (Å²) in [5.41, 5.74) is 4.39. The van der Waals surface area contributed by atoms with E-state index in [0.717, 1.165) is 11.1 Å². The van der Waals surface area contributed by atoms with Gasteiger partial charge in [0.1, 0.15) is 5.69 Å². The van der Waals surface area contributed by atoms with Gasteiger partial charge in [0.05, 0.1) is 19.6 Å². The van der Waals surface area contributed by atoms with E-state index < -0.39 is 5.97 Å². The van der Waals surface area contributed by atoms with E-state index in [-0.39, 0.29) is 24.8 Å². The number of aryl methyl sites for hydroxylation is 2. The van der Waals surface area contributed by atoms with Crippen LogP contribution in [0, 0.1) is 20.8 Å². The van der Waals surface area contributed by atoms with Gasteiger partial charge in [0, 0.05) is 37.4 Å². The molecule has 0 spiro atoms. The highest BCUT2D eigenvalue weighted by Crippen LogP contribution is 2.20. The smallest absolute Gasteiger partial charge is 0.355 e. The van der Waals surface area contributed by atoms with Crippen LogP contribution in [0.15, 0.2) is 24.3 Å². The molecule has 31 heavy (non-hydrogen) atoms.